The third kappa shape index (κ3) is 2.54. The molecule has 0 aliphatic carbocycles. The number of fused-ring (bicyclic) bond motifs is 1. The number of carbonyl (C=O) groups excluding carboxylic acids is 1. The van der Waals surface area contributed by atoms with Crippen LogP contribution in [0.2, 0.25) is 0 Å². The quantitative estimate of drug-likeness (QED) is 0.916. The van der Waals surface area contributed by atoms with Crippen LogP contribution < -0.4 is 10.6 Å². The Kier molecular flexibility index (Phi) is 3.70. The number of amides is 1. The number of nitrogens with two attached hydrogens (primary N) is 1. The fourth-order valence-electron chi connectivity index (χ4n) is 2.76. The summed E-state index contributed by atoms with van der Waals surface area (Å²) in [6, 6.07) is 8.15. The number of hydrogen-bond donors (Lipinski definition) is 1. The Morgan fingerprint density at radius 1 is 1.43 bits per heavy atom. The van der Waals surface area contributed by atoms with Crippen LogP contribution in [-0.4, -0.2) is 33.5 Å². The van der Waals surface area contributed by atoms with Gasteiger partial charge in [0.1, 0.15) is 0 Å². The second-order valence-corrected chi connectivity index (χ2v) is 5.37. The Labute approximate surface area is 123 Å². The molecule has 0 saturated carbocycles. The topological polar surface area (TPSA) is 77.0 Å². The van der Waals surface area contributed by atoms with Crippen molar-refractivity contribution in [2.75, 3.05) is 11.4 Å². The molecule has 0 fully saturated rings. The first-order chi connectivity index (χ1) is 10.2. The fourth-order valence-corrected chi connectivity index (χ4v) is 2.76. The van der Waals surface area contributed by atoms with Crippen LogP contribution >= 0.6 is 0 Å². The minimum absolute atomic E-state index is 0.0913. The van der Waals surface area contributed by atoms with Crippen LogP contribution in [0, 0.1) is 0 Å². The van der Waals surface area contributed by atoms with Gasteiger partial charge >= 0.3 is 0 Å². The molecule has 110 valence electrons. The van der Waals surface area contributed by atoms with E-state index in [1.807, 2.05) is 23.1 Å². The molecule has 2 aromatic rings. The van der Waals surface area contributed by atoms with E-state index >= 15 is 0 Å². The molecule has 1 amide bonds. The van der Waals surface area contributed by atoms with Crippen LogP contribution in [0.5, 0.6) is 0 Å². The van der Waals surface area contributed by atoms with Crippen molar-refractivity contribution in [3.63, 3.8) is 0 Å². The first kappa shape index (κ1) is 13.8. The molecule has 0 spiro atoms. The lowest BCUT2D eigenvalue weighted by atomic mass is 10.1. The van der Waals surface area contributed by atoms with Crippen molar-refractivity contribution in [1.82, 2.24) is 15.0 Å². The fraction of sp³-hybridized carbons (Fsp3) is 0.400. The van der Waals surface area contributed by atoms with Gasteiger partial charge in [0.2, 0.25) is 0 Å². The van der Waals surface area contributed by atoms with Gasteiger partial charge in [-0.3, -0.25) is 9.48 Å². The van der Waals surface area contributed by atoms with E-state index in [2.05, 4.69) is 23.3 Å². The number of benzene rings is 1. The molecule has 1 aliphatic rings. The van der Waals surface area contributed by atoms with E-state index in [9.17, 15) is 4.79 Å². The predicted molar refractivity (Wildman–Crippen MR) is 80.1 cm³/mol. The molecule has 1 aromatic carbocycles. The molecule has 6 heteroatoms. The highest BCUT2D eigenvalue weighted by Crippen LogP contribution is 2.32. The summed E-state index contributed by atoms with van der Waals surface area (Å²) >= 11 is 0. The Morgan fingerprint density at radius 3 is 3.05 bits per heavy atom. The molecule has 1 aliphatic heterocycles. The number of carbonyl (C=O) groups is 1. The van der Waals surface area contributed by atoms with E-state index in [-0.39, 0.29) is 11.9 Å². The van der Waals surface area contributed by atoms with Crippen molar-refractivity contribution in [3.8, 4) is 0 Å². The van der Waals surface area contributed by atoms with Crippen LogP contribution in [0.3, 0.4) is 0 Å². The van der Waals surface area contributed by atoms with E-state index in [1.165, 1.54) is 5.56 Å². The molecule has 1 unspecified atom stereocenters. The van der Waals surface area contributed by atoms with Crippen LogP contribution in [-0.2, 0) is 13.0 Å². The molecule has 0 saturated heterocycles. The number of nitrogens with zero attached hydrogens (tertiary/aromatic N) is 4. The van der Waals surface area contributed by atoms with E-state index in [0.29, 0.717) is 18.8 Å². The lowest BCUT2D eigenvalue weighted by Crippen LogP contribution is -2.35. The second kappa shape index (κ2) is 5.65. The number of hydrogen-bond acceptors (Lipinski definition) is 4. The lowest BCUT2D eigenvalue weighted by Gasteiger charge is -2.21. The van der Waals surface area contributed by atoms with Crippen LogP contribution in [0.1, 0.15) is 29.4 Å². The van der Waals surface area contributed by atoms with Crippen molar-refractivity contribution in [2.24, 2.45) is 5.73 Å². The van der Waals surface area contributed by atoms with Crippen LogP contribution in [0.4, 0.5) is 5.69 Å². The molecular formula is C15H19N5O. The molecular weight excluding hydrogens is 266 g/mol. The Balaban J connectivity index is 1.83. The van der Waals surface area contributed by atoms with Gasteiger partial charge in [0.15, 0.2) is 5.69 Å². The van der Waals surface area contributed by atoms with E-state index in [1.54, 1.807) is 10.9 Å². The van der Waals surface area contributed by atoms with Crippen molar-refractivity contribution in [1.29, 1.82) is 0 Å². The monoisotopic (exact) mass is 285 g/mol. The zero-order valence-corrected chi connectivity index (χ0v) is 12.1. The van der Waals surface area contributed by atoms with Gasteiger partial charge < -0.3 is 10.6 Å². The van der Waals surface area contributed by atoms with Gasteiger partial charge in [-0.15, -0.1) is 5.10 Å². The molecule has 2 heterocycles. The maximum atomic E-state index is 12.7. The third-order valence-electron chi connectivity index (χ3n) is 3.78. The van der Waals surface area contributed by atoms with E-state index in [0.717, 1.165) is 18.5 Å². The molecule has 21 heavy (non-hydrogen) atoms. The Hall–Kier alpha value is -2.21. The van der Waals surface area contributed by atoms with Gasteiger partial charge in [0, 0.05) is 18.3 Å². The van der Waals surface area contributed by atoms with Crippen molar-refractivity contribution in [3.05, 3.63) is 41.7 Å². The largest absolute Gasteiger partial charge is 0.330 e. The highest BCUT2D eigenvalue weighted by molar-refractivity contribution is 6.06. The summed E-state index contributed by atoms with van der Waals surface area (Å²) in [4.78, 5) is 14.5. The van der Waals surface area contributed by atoms with E-state index < -0.39 is 0 Å². The van der Waals surface area contributed by atoms with Gasteiger partial charge in [-0.1, -0.05) is 23.4 Å². The van der Waals surface area contributed by atoms with Crippen molar-refractivity contribution >= 4 is 11.6 Å². The van der Waals surface area contributed by atoms with E-state index in [4.69, 9.17) is 5.73 Å². The first-order valence-electron chi connectivity index (χ1n) is 7.22. The highest BCUT2D eigenvalue weighted by atomic mass is 16.2. The summed E-state index contributed by atoms with van der Waals surface area (Å²) in [6.45, 7) is 3.33. The summed E-state index contributed by atoms with van der Waals surface area (Å²) in [5, 5.41) is 7.99. The lowest BCUT2D eigenvalue weighted by molar-refractivity contribution is 0.0976. The normalized spacial score (nSPS) is 17.0. The SMILES string of the molecule is CC1Cc2ccccc2N1C(=O)c1cn(CCCN)nn1. The molecule has 0 bridgehead atoms. The Bertz CT molecular complexity index is 651. The average molecular weight is 285 g/mol. The van der Waals surface area contributed by atoms with Crippen LogP contribution in [0.15, 0.2) is 30.5 Å². The smallest absolute Gasteiger partial charge is 0.280 e. The summed E-state index contributed by atoms with van der Waals surface area (Å²) < 4.78 is 1.67. The summed E-state index contributed by atoms with van der Waals surface area (Å²) in [5.41, 5.74) is 8.04. The summed E-state index contributed by atoms with van der Waals surface area (Å²) in [7, 11) is 0. The number of rotatable bonds is 4. The van der Waals surface area contributed by atoms with Crippen LogP contribution in [0.25, 0.3) is 0 Å². The predicted octanol–water partition coefficient (Wildman–Crippen LogP) is 1.22. The summed E-state index contributed by atoms with van der Waals surface area (Å²) in [6.07, 6.45) is 3.40. The molecule has 2 N–H and O–H groups in total. The van der Waals surface area contributed by atoms with Gasteiger partial charge in [-0.05, 0) is 37.9 Å². The van der Waals surface area contributed by atoms with Gasteiger partial charge in [-0.25, -0.2) is 0 Å². The zero-order valence-electron chi connectivity index (χ0n) is 12.1. The third-order valence-corrected chi connectivity index (χ3v) is 3.78. The molecule has 3 rings (SSSR count). The minimum atomic E-state index is -0.0913. The maximum absolute atomic E-state index is 12.7. The summed E-state index contributed by atoms with van der Waals surface area (Å²) in [5.74, 6) is -0.0913. The first-order valence-corrected chi connectivity index (χ1v) is 7.22. The molecule has 1 atom stereocenters. The minimum Gasteiger partial charge on any atom is -0.330 e. The van der Waals surface area contributed by atoms with Gasteiger partial charge in [0.25, 0.3) is 5.91 Å². The number of para-hydroxylation sites is 1. The number of aromatic nitrogens is 3. The van der Waals surface area contributed by atoms with Crippen molar-refractivity contribution < 1.29 is 4.79 Å². The average Bonchev–Trinajstić information content (AvgIpc) is 3.07. The van der Waals surface area contributed by atoms with Gasteiger partial charge in [-0.2, -0.15) is 0 Å². The molecule has 0 radical (unpaired) electrons. The number of aryl methyl sites for hydroxylation is 1. The number of anilines is 1. The maximum Gasteiger partial charge on any atom is 0.280 e. The Morgan fingerprint density at radius 2 is 2.24 bits per heavy atom. The van der Waals surface area contributed by atoms with Crippen molar-refractivity contribution in [2.45, 2.75) is 32.4 Å². The second-order valence-electron chi connectivity index (χ2n) is 5.37. The van der Waals surface area contributed by atoms with Gasteiger partial charge in [0.05, 0.1) is 6.20 Å². The molecule has 1 aromatic heterocycles. The zero-order chi connectivity index (χ0) is 14.8. The highest BCUT2D eigenvalue weighted by Gasteiger charge is 2.32. The molecule has 6 nitrogen and oxygen atoms in total. The standard InChI is InChI=1S/C15H19N5O/c1-11-9-12-5-2-3-6-14(12)20(11)15(21)13-10-19(18-17-13)8-4-7-16/h2-3,5-6,10-11H,4,7-9,16H2,1H3.